The van der Waals surface area contributed by atoms with Crippen molar-refractivity contribution in [3.63, 3.8) is 0 Å². The molecule has 0 fully saturated rings. The molecule has 1 heteroatoms. The zero-order chi connectivity index (χ0) is 14.0. The monoisotopic (exact) mass is 268 g/mol. The van der Waals surface area contributed by atoms with Gasteiger partial charge in [-0.05, 0) is 32.1 Å². The van der Waals surface area contributed by atoms with Gasteiger partial charge in [0.2, 0.25) is 0 Å². The summed E-state index contributed by atoms with van der Waals surface area (Å²) in [4.78, 5) is 12.6. The summed E-state index contributed by atoms with van der Waals surface area (Å²) in [5, 5.41) is 8.28. The van der Waals surface area contributed by atoms with Crippen molar-refractivity contribution in [2.75, 3.05) is 0 Å². The molecule has 0 aliphatic heterocycles. The topological polar surface area (TPSA) is 17.1 Å². The van der Waals surface area contributed by atoms with Gasteiger partial charge in [-0.2, -0.15) is 0 Å². The Labute approximate surface area is 121 Å². The number of ketones is 1. The number of hydrogen-bond acceptors (Lipinski definition) is 1. The summed E-state index contributed by atoms with van der Waals surface area (Å²) in [7, 11) is 0. The Morgan fingerprint density at radius 2 is 1.52 bits per heavy atom. The number of benzene rings is 4. The van der Waals surface area contributed by atoms with Gasteiger partial charge in [-0.25, -0.2) is 0 Å². The van der Waals surface area contributed by atoms with Crippen LogP contribution in [0.1, 0.15) is 16.8 Å². The van der Waals surface area contributed by atoms with E-state index in [0.717, 1.165) is 16.3 Å². The summed E-state index contributed by atoms with van der Waals surface area (Å²) in [6.07, 6.45) is 2.57. The minimum absolute atomic E-state index is 0.233. The van der Waals surface area contributed by atoms with E-state index in [1.807, 2.05) is 12.1 Å². The van der Waals surface area contributed by atoms with Gasteiger partial charge in [0.1, 0.15) is 0 Å². The predicted molar refractivity (Wildman–Crippen MR) is 87.6 cm³/mol. The molecule has 0 aromatic heterocycles. The maximum atomic E-state index is 12.6. The smallest absolute Gasteiger partial charge is 0.167 e. The van der Waals surface area contributed by atoms with E-state index in [-0.39, 0.29) is 5.78 Å². The van der Waals surface area contributed by atoms with E-state index in [1.165, 1.54) is 26.8 Å². The third-order valence-electron chi connectivity index (χ3n) is 4.60. The Morgan fingerprint density at radius 1 is 0.714 bits per heavy atom. The van der Waals surface area contributed by atoms with E-state index >= 15 is 0 Å². The first-order chi connectivity index (χ1) is 10.3. The second-order valence-electron chi connectivity index (χ2n) is 5.69. The van der Waals surface area contributed by atoms with Crippen LogP contribution in [0.5, 0.6) is 0 Å². The number of fused-ring (bicyclic) bond motifs is 3. The molecule has 0 atom stereocenters. The summed E-state index contributed by atoms with van der Waals surface area (Å²) in [5.74, 6) is 0.233. The van der Waals surface area contributed by atoms with Crippen LogP contribution in [0.3, 0.4) is 0 Å². The molecule has 0 heterocycles. The standard InChI is InChI=1S/C20H12O/c21-17-11-10-13-9-8-12-4-3-7-15-14-5-1-2-6-16(14)20(17)19(13)18(12)15/h1-10H,11H2. The number of Topliss-reactive ketones (excluding diaryl/α,β-unsaturated/α-hetero) is 1. The van der Waals surface area contributed by atoms with Gasteiger partial charge in [-0.1, -0.05) is 60.7 Å². The molecule has 4 aromatic rings. The average molecular weight is 268 g/mol. The Balaban J connectivity index is 2.30. The number of rotatable bonds is 0. The minimum atomic E-state index is 0.233. The fourth-order valence-corrected chi connectivity index (χ4v) is 3.72. The first kappa shape index (κ1) is 11.0. The van der Waals surface area contributed by atoms with Gasteiger partial charge in [0, 0.05) is 17.4 Å². The van der Waals surface area contributed by atoms with Gasteiger partial charge in [0.05, 0.1) is 0 Å². The van der Waals surface area contributed by atoms with Crippen molar-refractivity contribution in [1.29, 1.82) is 0 Å². The fraction of sp³-hybridized carbons (Fsp3) is 0.0500. The molecule has 0 radical (unpaired) electrons. The molecule has 0 unspecified atom stereocenters. The van der Waals surface area contributed by atoms with Crippen LogP contribution in [-0.2, 0) is 0 Å². The van der Waals surface area contributed by atoms with E-state index in [1.54, 1.807) is 0 Å². The van der Waals surface area contributed by atoms with Crippen LogP contribution in [0.2, 0.25) is 0 Å². The number of carbonyl (C=O) groups is 1. The van der Waals surface area contributed by atoms with Gasteiger partial charge in [0.15, 0.2) is 5.78 Å². The zero-order valence-corrected chi connectivity index (χ0v) is 11.4. The van der Waals surface area contributed by atoms with E-state index in [2.05, 4.69) is 48.5 Å². The summed E-state index contributed by atoms with van der Waals surface area (Å²) < 4.78 is 0. The quantitative estimate of drug-likeness (QED) is 0.344. The average Bonchev–Trinajstić information content (AvgIpc) is 2.54. The fourth-order valence-electron chi connectivity index (χ4n) is 3.72. The van der Waals surface area contributed by atoms with Crippen LogP contribution in [0, 0.1) is 0 Å². The van der Waals surface area contributed by atoms with E-state index in [0.29, 0.717) is 6.42 Å². The Morgan fingerprint density at radius 3 is 2.43 bits per heavy atom. The predicted octanol–water partition coefficient (Wildman–Crippen LogP) is 4.23. The second kappa shape index (κ2) is 3.70. The highest BCUT2D eigenvalue weighted by Gasteiger charge is 2.20. The van der Waals surface area contributed by atoms with Crippen LogP contribution in [0.25, 0.3) is 38.4 Å². The van der Waals surface area contributed by atoms with E-state index in [9.17, 15) is 4.79 Å². The van der Waals surface area contributed by atoms with Crippen molar-refractivity contribution in [2.45, 2.75) is 6.42 Å². The third kappa shape index (κ3) is 1.28. The zero-order valence-electron chi connectivity index (χ0n) is 11.4. The molecule has 0 N–H and O–H groups in total. The number of carbonyl (C=O) groups excluding carboxylic acids is 1. The molecule has 0 amide bonds. The summed E-state index contributed by atoms with van der Waals surface area (Å²) in [6.45, 7) is 0. The lowest BCUT2D eigenvalue weighted by Gasteiger charge is -2.17. The van der Waals surface area contributed by atoms with Crippen LogP contribution in [-0.4, -0.2) is 5.78 Å². The molecular weight excluding hydrogens is 256 g/mol. The first-order valence-electron chi connectivity index (χ1n) is 7.24. The SMILES string of the molecule is O=C1CC=c2ccc3cccc4c5ccccc5c1c2c34. The molecule has 0 saturated heterocycles. The third-order valence-corrected chi connectivity index (χ3v) is 4.60. The van der Waals surface area contributed by atoms with Crippen molar-refractivity contribution in [3.05, 3.63) is 65.4 Å². The van der Waals surface area contributed by atoms with Crippen LogP contribution < -0.4 is 5.22 Å². The van der Waals surface area contributed by atoms with Crippen molar-refractivity contribution >= 4 is 44.2 Å². The van der Waals surface area contributed by atoms with Crippen LogP contribution in [0.15, 0.2) is 54.6 Å². The van der Waals surface area contributed by atoms with E-state index in [4.69, 9.17) is 0 Å². The highest BCUT2D eigenvalue weighted by molar-refractivity contribution is 6.31. The summed E-state index contributed by atoms with van der Waals surface area (Å²) >= 11 is 0. The van der Waals surface area contributed by atoms with E-state index < -0.39 is 0 Å². The van der Waals surface area contributed by atoms with Gasteiger partial charge in [-0.3, -0.25) is 4.79 Å². The highest BCUT2D eigenvalue weighted by atomic mass is 16.1. The van der Waals surface area contributed by atoms with Gasteiger partial charge in [0.25, 0.3) is 0 Å². The second-order valence-corrected chi connectivity index (χ2v) is 5.69. The lowest BCUT2D eigenvalue weighted by Crippen LogP contribution is -2.15. The largest absolute Gasteiger partial charge is 0.294 e. The molecule has 1 nitrogen and oxygen atoms in total. The molecular formula is C20H12O. The van der Waals surface area contributed by atoms with Crippen molar-refractivity contribution in [1.82, 2.24) is 0 Å². The van der Waals surface area contributed by atoms with Gasteiger partial charge >= 0.3 is 0 Å². The molecule has 1 aliphatic rings. The Hall–Kier alpha value is -2.67. The Bertz CT molecular complexity index is 1120. The van der Waals surface area contributed by atoms with Crippen LogP contribution >= 0.6 is 0 Å². The molecule has 5 rings (SSSR count). The first-order valence-corrected chi connectivity index (χ1v) is 7.24. The van der Waals surface area contributed by atoms with Crippen molar-refractivity contribution in [3.8, 4) is 0 Å². The molecule has 4 aromatic carbocycles. The lowest BCUT2D eigenvalue weighted by atomic mass is 9.85. The lowest BCUT2D eigenvalue weighted by molar-refractivity contribution is 0.100. The van der Waals surface area contributed by atoms with Gasteiger partial charge < -0.3 is 0 Å². The molecule has 1 aliphatic carbocycles. The molecule has 98 valence electrons. The molecule has 21 heavy (non-hydrogen) atoms. The number of hydrogen-bond donors (Lipinski definition) is 0. The van der Waals surface area contributed by atoms with Crippen molar-refractivity contribution < 1.29 is 4.79 Å². The maximum Gasteiger partial charge on any atom is 0.167 e. The highest BCUT2D eigenvalue weighted by Crippen LogP contribution is 2.36. The molecule has 0 bridgehead atoms. The molecule has 0 saturated carbocycles. The summed E-state index contributed by atoms with van der Waals surface area (Å²) in [5.41, 5.74) is 0.910. The van der Waals surface area contributed by atoms with Gasteiger partial charge in [-0.15, -0.1) is 0 Å². The normalized spacial score (nSPS) is 14.0. The Kier molecular flexibility index (Phi) is 1.95. The minimum Gasteiger partial charge on any atom is -0.294 e. The molecule has 0 spiro atoms. The van der Waals surface area contributed by atoms with Crippen molar-refractivity contribution in [2.24, 2.45) is 0 Å². The maximum absolute atomic E-state index is 12.6. The van der Waals surface area contributed by atoms with Crippen LogP contribution in [0.4, 0.5) is 0 Å². The summed E-state index contributed by atoms with van der Waals surface area (Å²) in [6, 6.07) is 19.0.